The Bertz CT molecular complexity index is 889. The number of nitriles is 1. The highest BCUT2D eigenvalue weighted by atomic mass is 16.5. The minimum Gasteiger partial charge on any atom is -0.449 e. The molecule has 0 unspecified atom stereocenters. The van der Waals surface area contributed by atoms with Crippen LogP contribution in [0, 0.1) is 11.3 Å². The number of amides is 2. The summed E-state index contributed by atoms with van der Waals surface area (Å²) in [6.45, 7) is 3.95. The van der Waals surface area contributed by atoms with Crippen LogP contribution in [0.3, 0.4) is 0 Å². The monoisotopic (exact) mass is 393 g/mol. The number of carbonyl (C=O) groups excluding carboxylic acids is 3. The first-order valence-electron chi connectivity index (χ1n) is 9.21. The zero-order valence-corrected chi connectivity index (χ0v) is 16.3. The number of carbonyl (C=O) groups is 3. The van der Waals surface area contributed by atoms with Crippen LogP contribution in [0.2, 0.25) is 0 Å². The second-order valence-electron chi connectivity index (χ2n) is 6.56. The Labute approximate surface area is 169 Å². The van der Waals surface area contributed by atoms with Gasteiger partial charge in [-0.3, -0.25) is 9.59 Å². The van der Waals surface area contributed by atoms with E-state index in [1.807, 2.05) is 37.3 Å². The summed E-state index contributed by atoms with van der Waals surface area (Å²) in [6.07, 6.45) is -1.19. The number of ether oxygens (including phenoxy) is 1. The molecule has 7 heteroatoms. The van der Waals surface area contributed by atoms with E-state index in [4.69, 9.17) is 10.00 Å². The van der Waals surface area contributed by atoms with Crippen LogP contribution in [-0.2, 0) is 14.3 Å². The van der Waals surface area contributed by atoms with E-state index in [-0.39, 0.29) is 23.8 Å². The molecule has 0 aliphatic heterocycles. The highest BCUT2D eigenvalue weighted by Gasteiger charge is 2.19. The molecule has 0 spiro atoms. The van der Waals surface area contributed by atoms with Crippen molar-refractivity contribution in [3.05, 3.63) is 65.7 Å². The third-order valence-corrected chi connectivity index (χ3v) is 4.25. The van der Waals surface area contributed by atoms with Crippen molar-refractivity contribution in [2.24, 2.45) is 0 Å². The Morgan fingerprint density at radius 2 is 1.69 bits per heavy atom. The van der Waals surface area contributed by atoms with E-state index in [2.05, 4.69) is 10.6 Å². The van der Waals surface area contributed by atoms with Gasteiger partial charge >= 0.3 is 5.97 Å². The SMILES string of the molecule is C[C@H](CNC(=O)[C@@H](C)OC(=O)c1ccc(NC(=O)CC#N)cc1)c1ccccc1. The molecule has 150 valence electrons. The number of nitrogens with zero attached hydrogens (tertiary/aromatic N) is 1. The van der Waals surface area contributed by atoms with E-state index in [0.717, 1.165) is 5.56 Å². The molecule has 2 rings (SSSR count). The van der Waals surface area contributed by atoms with Gasteiger partial charge in [0.25, 0.3) is 5.91 Å². The standard InChI is InChI=1S/C22H23N3O4/c1-15(17-6-4-3-5-7-17)14-24-21(27)16(2)29-22(28)18-8-10-19(11-9-18)25-20(26)12-13-23/h3-11,15-16H,12,14H2,1-2H3,(H,24,27)(H,25,26)/t15-,16-/m1/s1. The molecule has 0 saturated carbocycles. The topological polar surface area (TPSA) is 108 Å². The average Bonchev–Trinajstić information content (AvgIpc) is 2.72. The van der Waals surface area contributed by atoms with E-state index >= 15 is 0 Å². The van der Waals surface area contributed by atoms with E-state index in [1.54, 1.807) is 6.07 Å². The van der Waals surface area contributed by atoms with E-state index < -0.39 is 18.0 Å². The van der Waals surface area contributed by atoms with Crippen LogP contribution in [0.1, 0.15) is 42.1 Å². The number of hydrogen-bond donors (Lipinski definition) is 2. The molecular weight excluding hydrogens is 370 g/mol. The lowest BCUT2D eigenvalue weighted by atomic mass is 10.0. The molecule has 2 aromatic carbocycles. The number of nitrogens with one attached hydrogen (secondary N) is 2. The third-order valence-electron chi connectivity index (χ3n) is 4.25. The highest BCUT2D eigenvalue weighted by Crippen LogP contribution is 2.14. The molecule has 0 radical (unpaired) electrons. The minimum absolute atomic E-state index is 0.131. The van der Waals surface area contributed by atoms with Crippen LogP contribution in [0.25, 0.3) is 0 Å². The van der Waals surface area contributed by atoms with Crippen LogP contribution in [0.4, 0.5) is 5.69 Å². The fourth-order valence-electron chi connectivity index (χ4n) is 2.55. The first kappa shape index (κ1) is 21.6. The van der Waals surface area contributed by atoms with Crippen molar-refractivity contribution in [3.8, 4) is 6.07 Å². The van der Waals surface area contributed by atoms with Gasteiger partial charge in [-0.15, -0.1) is 0 Å². The molecular formula is C22H23N3O4. The maximum Gasteiger partial charge on any atom is 0.338 e. The molecule has 0 aromatic heterocycles. The minimum atomic E-state index is -0.944. The lowest BCUT2D eigenvalue weighted by molar-refractivity contribution is -0.129. The second-order valence-corrected chi connectivity index (χ2v) is 6.56. The third kappa shape index (κ3) is 6.78. The van der Waals surface area contributed by atoms with Crippen molar-refractivity contribution in [1.29, 1.82) is 5.26 Å². The van der Waals surface area contributed by atoms with Crippen molar-refractivity contribution in [2.45, 2.75) is 32.3 Å². The predicted octanol–water partition coefficient (Wildman–Crippen LogP) is 3.00. The van der Waals surface area contributed by atoms with Crippen molar-refractivity contribution < 1.29 is 19.1 Å². The summed E-state index contributed by atoms with van der Waals surface area (Å²) in [7, 11) is 0. The van der Waals surface area contributed by atoms with Crippen molar-refractivity contribution in [1.82, 2.24) is 5.32 Å². The van der Waals surface area contributed by atoms with Gasteiger partial charge in [-0.2, -0.15) is 5.26 Å². The van der Waals surface area contributed by atoms with Gasteiger partial charge in [-0.05, 0) is 42.7 Å². The summed E-state index contributed by atoms with van der Waals surface area (Å²) in [5.41, 5.74) is 1.82. The molecule has 7 nitrogen and oxygen atoms in total. The molecule has 29 heavy (non-hydrogen) atoms. The van der Waals surface area contributed by atoms with Gasteiger partial charge in [0.05, 0.1) is 11.6 Å². The fraction of sp³-hybridized carbons (Fsp3) is 0.273. The Kier molecular flexibility index (Phi) is 7.92. The van der Waals surface area contributed by atoms with Gasteiger partial charge in [0, 0.05) is 12.2 Å². The first-order chi connectivity index (χ1) is 13.9. The van der Waals surface area contributed by atoms with Gasteiger partial charge in [0.2, 0.25) is 5.91 Å². The molecule has 0 bridgehead atoms. The number of esters is 1. The summed E-state index contributed by atoms with van der Waals surface area (Å²) in [6, 6.07) is 17.6. The lowest BCUT2D eigenvalue weighted by Gasteiger charge is -2.17. The molecule has 0 aliphatic rings. The fourth-order valence-corrected chi connectivity index (χ4v) is 2.55. The zero-order chi connectivity index (χ0) is 21.2. The normalized spacial score (nSPS) is 12.2. The largest absolute Gasteiger partial charge is 0.449 e. The summed E-state index contributed by atoms with van der Waals surface area (Å²) in [5, 5.41) is 13.8. The van der Waals surface area contributed by atoms with Crippen LogP contribution in [-0.4, -0.2) is 30.4 Å². The number of hydrogen-bond acceptors (Lipinski definition) is 5. The lowest BCUT2D eigenvalue weighted by Crippen LogP contribution is -2.37. The Morgan fingerprint density at radius 1 is 1.03 bits per heavy atom. The van der Waals surface area contributed by atoms with Crippen LogP contribution in [0.5, 0.6) is 0 Å². The van der Waals surface area contributed by atoms with Crippen molar-refractivity contribution >= 4 is 23.5 Å². The summed E-state index contributed by atoms with van der Waals surface area (Å²) in [5.74, 6) is -1.31. The van der Waals surface area contributed by atoms with E-state index in [9.17, 15) is 14.4 Å². The van der Waals surface area contributed by atoms with E-state index in [0.29, 0.717) is 12.2 Å². The zero-order valence-electron chi connectivity index (χ0n) is 16.3. The van der Waals surface area contributed by atoms with Crippen LogP contribution in [0.15, 0.2) is 54.6 Å². The first-order valence-corrected chi connectivity index (χ1v) is 9.21. The Hall–Kier alpha value is -3.66. The molecule has 2 aromatic rings. The van der Waals surface area contributed by atoms with Gasteiger partial charge in [0.1, 0.15) is 6.42 Å². The van der Waals surface area contributed by atoms with Gasteiger partial charge < -0.3 is 15.4 Å². The smallest absolute Gasteiger partial charge is 0.338 e. The Morgan fingerprint density at radius 3 is 2.31 bits per heavy atom. The van der Waals surface area contributed by atoms with Crippen LogP contribution < -0.4 is 10.6 Å². The number of benzene rings is 2. The number of rotatable bonds is 8. The molecule has 2 amide bonds. The van der Waals surface area contributed by atoms with Crippen molar-refractivity contribution in [2.75, 3.05) is 11.9 Å². The second kappa shape index (κ2) is 10.6. The maximum atomic E-state index is 12.2. The Balaban J connectivity index is 1.83. The average molecular weight is 393 g/mol. The van der Waals surface area contributed by atoms with Gasteiger partial charge in [0.15, 0.2) is 6.10 Å². The molecule has 2 N–H and O–H groups in total. The van der Waals surface area contributed by atoms with Gasteiger partial charge in [-0.25, -0.2) is 4.79 Å². The quantitative estimate of drug-likeness (QED) is 0.670. The molecule has 0 fully saturated rings. The van der Waals surface area contributed by atoms with Gasteiger partial charge in [-0.1, -0.05) is 37.3 Å². The summed E-state index contributed by atoms with van der Waals surface area (Å²) >= 11 is 0. The molecule has 0 saturated heterocycles. The molecule has 0 aliphatic carbocycles. The maximum absolute atomic E-state index is 12.2. The van der Waals surface area contributed by atoms with Crippen molar-refractivity contribution in [3.63, 3.8) is 0 Å². The van der Waals surface area contributed by atoms with Crippen LogP contribution >= 0.6 is 0 Å². The molecule has 2 atom stereocenters. The number of anilines is 1. The summed E-state index contributed by atoms with van der Waals surface area (Å²) in [4.78, 5) is 35.8. The molecule has 0 heterocycles. The summed E-state index contributed by atoms with van der Waals surface area (Å²) < 4.78 is 5.21. The van der Waals surface area contributed by atoms with E-state index in [1.165, 1.54) is 31.2 Å². The predicted molar refractivity (Wildman–Crippen MR) is 108 cm³/mol. The highest BCUT2D eigenvalue weighted by molar-refractivity contribution is 5.94.